The average Bonchev–Trinajstić information content (AvgIpc) is 2.62. The smallest absolute Gasteiger partial charge is 0.250 e. The van der Waals surface area contributed by atoms with E-state index in [1.54, 1.807) is 12.1 Å². The molecule has 6 heteroatoms. The maximum atomic E-state index is 11.8. The molecule has 0 unspecified atom stereocenters. The van der Waals surface area contributed by atoms with Crippen molar-refractivity contribution in [3.63, 3.8) is 0 Å². The van der Waals surface area contributed by atoms with Gasteiger partial charge in [-0.15, -0.1) is 11.3 Å². The Morgan fingerprint density at radius 3 is 2.60 bits per heavy atom. The SMILES string of the molecule is CC[C@@H](CO)NS(=O)(=O)c1ccc(C)s1. The second-order valence-electron chi connectivity index (χ2n) is 3.27. The molecule has 0 aliphatic carbocycles. The lowest BCUT2D eigenvalue weighted by Crippen LogP contribution is -2.36. The van der Waals surface area contributed by atoms with Crippen molar-refractivity contribution in [1.29, 1.82) is 0 Å². The summed E-state index contributed by atoms with van der Waals surface area (Å²) in [5, 5.41) is 8.92. The third kappa shape index (κ3) is 3.27. The van der Waals surface area contributed by atoms with Gasteiger partial charge in [-0.1, -0.05) is 6.92 Å². The van der Waals surface area contributed by atoms with Crippen molar-refractivity contribution in [2.24, 2.45) is 0 Å². The highest BCUT2D eigenvalue weighted by Gasteiger charge is 2.19. The maximum Gasteiger partial charge on any atom is 0.250 e. The van der Waals surface area contributed by atoms with Gasteiger partial charge in [0.25, 0.3) is 0 Å². The molecule has 0 aliphatic heterocycles. The number of aliphatic hydroxyl groups is 1. The number of aryl methyl sites for hydroxylation is 1. The predicted molar refractivity (Wildman–Crippen MR) is 60.5 cm³/mol. The first-order valence-corrected chi connectivity index (χ1v) is 6.99. The van der Waals surface area contributed by atoms with Crippen LogP contribution in [0.4, 0.5) is 0 Å². The second kappa shape index (κ2) is 5.07. The van der Waals surface area contributed by atoms with E-state index in [1.165, 1.54) is 11.3 Å². The maximum absolute atomic E-state index is 11.8. The molecule has 0 spiro atoms. The molecular formula is C9H15NO3S2. The van der Waals surface area contributed by atoms with Gasteiger partial charge < -0.3 is 5.11 Å². The minimum absolute atomic E-state index is 0.180. The van der Waals surface area contributed by atoms with E-state index < -0.39 is 16.1 Å². The number of hydrogen-bond acceptors (Lipinski definition) is 4. The summed E-state index contributed by atoms with van der Waals surface area (Å²) in [5.41, 5.74) is 0. The van der Waals surface area contributed by atoms with Gasteiger partial charge in [0, 0.05) is 10.9 Å². The normalized spacial score (nSPS) is 14.1. The minimum Gasteiger partial charge on any atom is -0.395 e. The fraction of sp³-hybridized carbons (Fsp3) is 0.556. The van der Waals surface area contributed by atoms with Crippen LogP contribution in [0.5, 0.6) is 0 Å². The summed E-state index contributed by atoms with van der Waals surface area (Å²) in [6.45, 7) is 3.50. The number of sulfonamides is 1. The molecule has 0 saturated carbocycles. The summed E-state index contributed by atoms with van der Waals surface area (Å²) in [7, 11) is -3.45. The summed E-state index contributed by atoms with van der Waals surface area (Å²) < 4.78 is 26.3. The zero-order chi connectivity index (χ0) is 11.5. The minimum atomic E-state index is -3.45. The summed E-state index contributed by atoms with van der Waals surface area (Å²) in [5.74, 6) is 0. The molecule has 1 aromatic rings. The third-order valence-electron chi connectivity index (χ3n) is 2.02. The van der Waals surface area contributed by atoms with Gasteiger partial charge in [0.2, 0.25) is 10.0 Å². The number of nitrogens with one attached hydrogen (secondary N) is 1. The zero-order valence-electron chi connectivity index (χ0n) is 8.73. The van der Waals surface area contributed by atoms with Crippen LogP contribution in [-0.2, 0) is 10.0 Å². The molecule has 0 aromatic carbocycles. The Balaban J connectivity index is 2.84. The lowest BCUT2D eigenvalue weighted by Gasteiger charge is -2.12. The molecule has 0 radical (unpaired) electrons. The highest BCUT2D eigenvalue weighted by Crippen LogP contribution is 2.20. The Bertz CT molecular complexity index is 407. The van der Waals surface area contributed by atoms with Crippen LogP contribution in [0.25, 0.3) is 0 Å². The quantitative estimate of drug-likeness (QED) is 0.821. The molecule has 0 fully saturated rings. The van der Waals surface area contributed by atoms with Gasteiger partial charge in [0.15, 0.2) is 0 Å². The van der Waals surface area contributed by atoms with E-state index in [1.807, 2.05) is 13.8 Å². The Kier molecular flexibility index (Phi) is 4.27. The molecule has 1 heterocycles. The van der Waals surface area contributed by atoms with Crippen LogP contribution in [0.1, 0.15) is 18.2 Å². The Hall–Kier alpha value is -0.430. The predicted octanol–water partition coefficient (Wildman–Crippen LogP) is 1.11. The van der Waals surface area contributed by atoms with E-state index >= 15 is 0 Å². The first-order chi connectivity index (χ1) is 6.99. The van der Waals surface area contributed by atoms with Crippen molar-refractivity contribution < 1.29 is 13.5 Å². The summed E-state index contributed by atoms with van der Waals surface area (Å²) in [6, 6.07) is 2.93. The molecule has 0 saturated heterocycles. The molecule has 15 heavy (non-hydrogen) atoms. The van der Waals surface area contributed by atoms with Gasteiger partial charge in [-0.3, -0.25) is 0 Å². The highest BCUT2D eigenvalue weighted by molar-refractivity contribution is 7.91. The molecule has 2 N–H and O–H groups in total. The van der Waals surface area contributed by atoms with E-state index in [0.717, 1.165) is 4.88 Å². The molecule has 0 bridgehead atoms. The molecule has 1 aromatic heterocycles. The molecule has 4 nitrogen and oxygen atoms in total. The highest BCUT2D eigenvalue weighted by atomic mass is 32.2. The topological polar surface area (TPSA) is 66.4 Å². The van der Waals surface area contributed by atoms with E-state index in [4.69, 9.17) is 5.11 Å². The fourth-order valence-electron chi connectivity index (χ4n) is 1.08. The number of thiophene rings is 1. The van der Waals surface area contributed by atoms with E-state index in [2.05, 4.69) is 4.72 Å². The van der Waals surface area contributed by atoms with Crippen LogP contribution in [-0.4, -0.2) is 26.2 Å². The van der Waals surface area contributed by atoms with E-state index in [-0.39, 0.29) is 6.61 Å². The average molecular weight is 249 g/mol. The van der Waals surface area contributed by atoms with Gasteiger partial charge >= 0.3 is 0 Å². The summed E-state index contributed by atoms with van der Waals surface area (Å²) >= 11 is 1.23. The third-order valence-corrected chi connectivity index (χ3v) is 5.03. The van der Waals surface area contributed by atoms with Gasteiger partial charge in [-0.25, -0.2) is 13.1 Å². The zero-order valence-corrected chi connectivity index (χ0v) is 10.4. The van der Waals surface area contributed by atoms with Crippen molar-refractivity contribution in [3.05, 3.63) is 17.0 Å². The van der Waals surface area contributed by atoms with Crippen molar-refractivity contribution in [2.45, 2.75) is 30.5 Å². The monoisotopic (exact) mass is 249 g/mol. The summed E-state index contributed by atoms with van der Waals surface area (Å²) in [4.78, 5) is 0.951. The Morgan fingerprint density at radius 2 is 2.20 bits per heavy atom. The van der Waals surface area contributed by atoms with E-state index in [9.17, 15) is 8.42 Å². The van der Waals surface area contributed by atoms with Gasteiger partial charge in [0.05, 0.1) is 6.61 Å². The van der Waals surface area contributed by atoms with Crippen molar-refractivity contribution in [1.82, 2.24) is 4.72 Å². The Morgan fingerprint density at radius 1 is 1.53 bits per heavy atom. The van der Waals surface area contributed by atoms with Crippen molar-refractivity contribution >= 4 is 21.4 Å². The largest absolute Gasteiger partial charge is 0.395 e. The van der Waals surface area contributed by atoms with Gasteiger partial charge in [-0.2, -0.15) is 0 Å². The Labute approximate surface area is 94.0 Å². The molecule has 1 rings (SSSR count). The molecule has 0 aliphatic rings. The van der Waals surface area contributed by atoms with Crippen LogP contribution in [0.15, 0.2) is 16.3 Å². The van der Waals surface area contributed by atoms with Gasteiger partial charge in [-0.05, 0) is 25.5 Å². The van der Waals surface area contributed by atoms with E-state index in [0.29, 0.717) is 10.6 Å². The van der Waals surface area contributed by atoms with Crippen LogP contribution in [0.3, 0.4) is 0 Å². The lowest BCUT2D eigenvalue weighted by atomic mass is 10.3. The molecule has 1 atom stereocenters. The number of hydrogen-bond donors (Lipinski definition) is 2. The number of aliphatic hydroxyl groups excluding tert-OH is 1. The molecule has 86 valence electrons. The van der Waals surface area contributed by atoms with Crippen LogP contribution >= 0.6 is 11.3 Å². The standard InChI is InChI=1S/C9H15NO3S2/c1-3-8(6-11)10-15(12,13)9-5-4-7(2)14-9/h4-5,8,10-11H,3,6H2,1-2H3/t8-/m0/s1. The summed E-state index contributed by atoms with van der Waals surface area (Å²) in [6.07, 6.45) is 0.570. The van der Waals surface area contributed by atoms with Crippen LogP contribution < -0.4 is 4.72 Å². The van der Waals surface area contributed by atoms with Crippen molar-refractivity contribution in [2.75, 3.05) is 6.61 Å². The molecular weight excluding hydrogens is 234 g/mol. The second-order valence-corrected chi connectivity index (χ2v) is 6.50. The first kappa shape index (κ1) is 12.6. The van der Waals surface area contributed by atoms with Crippen LogP contribution in [0.2, 0.25) is 0 Å². The van der Waals surface area contributed by atoms with Crippen molar-refractivity contribution in [3.8, 4) is 0 Å². The molecule has 0 amide bonds. The van der Waals surface area contributed by atoms with Gasteiger partial charge in [0.1, 0.15) is 4.21 Å². The fourth-order valence-corrected chi connectivity index (χ4v) is 3.69. The number of rotatable bonds is 5. The lowest BCUT2D eigenvalue weighted by molar-refractivity contribution is 0.254. The van der Waals surface area contributed by atoms with Crippen LogP contribution in [0, 0.1) is 6.92 Å². The first-order valence-electron chi connectivity index (χ1n) is 4.69.